The largest absolute Gasteiger partial charge is 0.461 e. The minimum Gasteiger partial charge on any atom is -0.461 e. The second-order valence-corrected chi connectivity index (χ2v) is 9.78. The maximum Gasteiger partial charge on any atom is 0.311 e. The Morgan fingerprint density at radius 2 is 1.97 bits per heavy atom. The first-order valence-electron chi connectivity index (χ1n) is 11.7. The van der Waals surface area contributed by atoms with Crippen LogP contribution < -0.4 is 0 Å². The molecule has 2 saturated heterocycles. The molecule has 7 nitrogen and oxygen atoms in total. The summed E-state index contributed by atoms with van der Waals surface area (Å²) in [6.07, 6.45) is 4.52. The van der Waals surface area contributed by atoms with Gasteiger partial charge in [0.25, 0.3) is 0 Å². The van der Waals surface area contributed by atoms with E-state index in [4.69, 9.17) is 14.6 Å². The van der Waals surface area contributed by atoms with Crippen molar-refractivity contribution in [2.75, 3.05) is 59.1 Å². The first-order chi connectivity index (χ1) is 14.4. The van der Waals surface area contributed by atoms with Gasteiger partial charge in [-0.15, -0.1) is 0 Å². The van der Waals surface area contributed by atoms with Crippen molar-refractivity contribution < 1.29 is 24.5 Å². The van der Waals surface area contributed by atoms with Gasteiger partial charge in [-0.1, -0.05) is 25.5 Å². The van der Waals surface area contributed by atoms with Gasteiger partial charge in [0.05, 0.1) is 31.8 Å². The maximum absolute atomic E-state index is 12.8. The van der Waals surface area contributed by atoms with E-state index in [-0.39, 0.29) is 35.9 Å². The fourth-order valence-corrected chi connectivity index (χ4v) is 6.11. The fourth-order valence-electron chi connectivity index (χ4n) is 6.11. The highest BCUT2D eigenvalue weighted by Gasteiger charge is 2.59. The van der Waals surface area contributed by atoms with Gasteiger partial charge < -0.3 is 19.7 Å². The summed E-state index contributed by atoms with van der Waals surface area (Å²) in [7, 11) is 0. The van der Waals surface area contributed by atoms with E-state index >= 15 is 0 Å². The summed E-state index contributed by atoms with van der Waals surface area (Å²) in [6, 6.07) is 0. The van der Waals surface area contributed by atoms with E-state index in [1.165, 1.54) is 5.57 Å². The predicted octanol–water partition coefficient (Wildman–Crippen LogP) is 0.898. The van der Waals surface area contributed by atoms with Crippen LogP contribution in [-0.4, -0.2) is 97.3 Å². The SMILES string of the molecule is C[C@H]1CCC=C2C[C@H]3OC(=O)C(CN4CCN(CCOCCO)CC4)[C@H]3[C@H](O)[C@@]21C. The van der Waals surface area contributed by atoms with Crippen molar-refractivity contribution >= 4 is 5.97 Å². The highest BCUT2D eigenvalue weighted by Crippen LogP contribution is 2.56. The van der Waals surface area contributed by atoms with Crippen molar-refractivity contribution in [3.63, 3.8) is 0 Å². The molecular weight excluding hydrogens is 384 g/mol. The molecule has 30 heavy (non-hydrogen) atoms. The number of aliphatic hydroxyl groups excluding tert-OH is 2. The molecule has 2 aliphatic heterocycles. The predicted molar refractivity (Wildman–Crippen MR) is 113 cm³/mol. The lowest BCUT2D eigenvalue weighted by Gasteiger charge is -2.52. The molecule has 0 aromatic rings. The number of rotatable bonds is 7. The van der Waals surface area contributed by atoms with E-state index in [0.29, 0.717) is 25.7 Å². The molecule has 170 valence electrons. The lowest BCUT2D eigenvalue weighted by atomic mass is 9.55. The Balaban J connectivity index is 1.36. The molecule has 2 heterocycles. The summed E-state index contributed by atoms with van der Waals surface area (Å²) in [5.74, 6) is -0.0529. The van der Waals surface area contributed by atoms with Crippen molar-refractivity contribution in [3.8, 4) is 0 Å². The van der Waals surface area contributed by atoms with Crippen molar-refractivity contribution in [2.45, 2.75) is 45.3 Å². The number of carbonyl (C=O) groups is 1. The number of hydrogen-bond acceptors (Lipinski definition) is 7. The Labute approximate surface area is 180 Å². The highest BCUT2D eigenvalue weighted by molar-refractivity contribution is 5.76. The fraction of sp³-hybridized carbons (Fsp3) is 0.870. The maximum atomic E-state index is 12.8. The van der Waals surface area contributed by atoms with Gasteiger partial charge in [-0.25, -0.2) is 0 Å². The van der Waals surface area contributed by atoms with Crippen LogP contribution in [0.2, 0.25) is 0 Å². The third kappa shape index (κ3) is 4.07. The normalized spacial score (nSPS) is 39.9. The Hall–Kier alpha value is -0.990. The number of hydrogen-bond donors (Lipinski definition) is 2. The van der Waals surface area contributed by atoms with E-state index in [1.807, 2.05) is 0 Å². The molecule has 4 aliphatic rings. The second kappa shape index (κ2) is 9.25. The number of nitrogens with zero attached hydrogens (tertiary/aromatic N) is 2. The molecular formula is C23H38N2O5. The lowest BCUT2D eigenvalue weighted by molar-refractivity contribution is -0.145. The van der Waals surface area contributed by atoms with Crippen molar-refractivity contribution in [1.29, 1.82) is 0 Å². The minimum atomic E-state index is -0.529. The summed E-state index contributed by atoms with van der Waals surface area (Å²) in [5.41, 5.74) is 1.05. The highest BCUT2D eigenvalue weighted by atomic mass is 16.6. The van der Waals surface area contributed by atoms with Gasteiger partial charge in [-0.05, 0) is 18.8 Å². The van der Waals surface area contributed by atoms with Crippen LogP contribution >= 0.6 is 0 Å². The van der Waals surface area contributed by atoms with Crippen molar-refractivity contribution in [2.24, 2.45) is 23.2 Å². The molecule has 0 radical (unpaired) electrons. The third-order valence-corrected chi connectivity index (χ3v) is 8.28. The average molecular weight is 423 g/mol. The van der Waals surface area contributed by atoms with Crippen LogP contribution in [0, 0.1) is 23.2 Å². The molecule has 6 atom stereocenters. The zero-order valence-corrected chi connectivity index (χ0v) is 18.5. The smallest absolute Gasteiger partial charge is 0.311 e. The summed E-state index contributed by atoms with van der Waals surface area (Å²) in [6.45, 7) is 10.8. The molecule has 4 rings (SSSR count). The van der Waals surface area contributed by atoms with Crippen LogP contribution in [0.15, 0.2) is 11.6 Å². The van der Waals surface area contributed by atoms with E-state index in [0.717, 1.165) is 52.0 Å². The molecule has 0 aromatic heterocycles. The molecule has 7 heteroatoms. The first kappa shape index (κ1) is 22.2. The number of fused-ring (bicyclic) bond motifs is 2. The van der Waals surface area contributed by atoms with Gasteiger partial charge >= 0.3 is 5.97 Å². The van der Waals surface area contributed by atoms with E-state index < -0.39 is 6.10 Å². The van der Waals surface area contributed by atoms with Gasteiger partial charge in [-0.2, -0.15) is 0 Å². The number of piperazine rings is 1. The Bertz CT molecular complexity index is 648. The molecule has 0 aromatic carbocycles. The summed E-state index contributed by atoms with van der Waals surface area (Å²) in [4.78, 5) is 17.5. The zero-order valence-electron chi connectivity index (χ0n) is 18.5. The van der Waals surface area contributed by atoms with E-state index in [9.17, 15) is 9.90 Å². The van der Waals surface area contributed by atoms with Gasteiger partial charge in [0.2, 0.25) is 0 Å². The number of allylic oxidation sites excluding steroid dienone is 1. The van der Waals surface area contributed by atoms with Crippen molar-refractivity contribution in [3.05, 3.63) is 11.6 Å². The van der Waals surface area contributed by atoms with Gasteiger partial charge in [0, 0.05) is 57.0 Å². The van der Waals surface area contributed by atoms with Crippen LogP contribution in [0.1, 0.15) is 33.1 Å². The Morgan fingerprint density at radius 3 is 2.70 bits per heavy atom. The number of ether oxygens (including phenoxy) is 2. The first-order valence-corrected chi connectivity index (χ1v) is 11.7. The molecule has 2 N–H and O–H groups in total. The summed E-state index contributed by atoms with van der Waals surface area (Å²) in [5, 5.41) is 20.3. The molecule has 1 unspecified atom stereocenters. The zero-order chi connectivity index (χ0) is 21.3. The standard InChI is InChI=1S/C23H38N2O5/c1-16-4-3-5-17-14-19-20(21(27)23(16,17)2)18(22(28)30-19)15-25-8-6-24(7-9-25)10-12-29-13-11-26/h5,16,18-21,26-27H,3-4,6-15H2,1-2H3/t16-,18?,19+,20+,21-,23+/m0/s1. The number of carbonyl (C=O) groups excluding carboxylic acids is 1. The van der Waals surface area contributed by atoms with Gasteiger partial charge in [0.1, 0.15) is 6.10 Å². The van der Waals surface area contributed by atoms with Crippen molar-refractivity contribution in [1.82, 2.24) is 9.80 Å². The topological polar surface area (TPSA) is 82.5 Å². The average Bonchev–Trinajstić information content (AvgIpc) is 3.04. The monoisotopic (exact) mass is 422 g/mol. The second-order valence-electron chi connectivity index (χ2n) is 9.78. The molecule has 0 bridgehead atoms. The molecule has 2 aliphatic carbocycles. The quantitative estimate of drug-likeness (QED) is 0.358. The van der Waals surface area contributed by atoms with E-state index in [1.54, 1.807) is 0 Å². The summed E-state index contributed by atoms with van der Waals surface area (Å²) < 4.78 is 11.2. The van der Waals surface area contributed by atoms with Crippen LogP contribution in [0.25, 0.3) is 0 Å². The molecule has 0 amide bonds. The molecule has 0 spiro atoms. The minimum absolute atomic E-state index is 0.0639. The van der Waals surface area contributed by atoms with Crippen LogP contribution in [0.3, 0.4) is 0 Å². The summed E-state index contributed by atoms with van der Waals surface area (Å²) >= 11 is 0. The van der Waals surface area contributed by atoms with Crippen LogP contribution in [0.5, 0.6) is 0 Å². The van der Waals surface area contributed by atoms with Crippen LogP contribution in [-0.2, 0) is 14.3 Å². The van der Waals surface area contributed by atoms with Gasteiger partial charge in [0.15, 0.2) is 0 Å². The van der Waals surface area contributed by atoms with Gasteiger partial charge in [-0.3, -0.25) is 14.6 Å². The molecule has 3 fully saturated rings. The number of aliphatic hydroxyl groups is 2. The molecule has 1 saturated carbocycles. The van der Waals surface area contributed by atoms with E-state index in [2.05, 4.69) is 29.7 Å². The lowest BCUT2D eigenvalue weighted by Crippen LogP contribution is -2.55. The number of esters is 1. The Kier molecular flexibility index (Phi) is 6.85. The third-order valence-electron chi connectivity index (χ3n) is 8.28. The van der Waals surface area contributed by atoms with Crippen LogP contribution in [0.4, 0.5) is 0 Å². The Morgan fingerprint density at radius 1 is 1.23 bits per heavy atom.